The van der Waals surface area contributed by atoms with Crippen molar-refractivity contribution < 1.29 is 0 Å². The average Bonchev–Trinajstić information content (AvgIpc) is 2.36. The Balaban J connectivity index is 0.000001000. The van der Waals surface area contributed by atoms with Gasteiger partial charge in [-0.15, -0.1) is 34.2 Å². The Morgan fingerprint density at radius 1 is 1.64 bits per heavy atom. The predicted octanol–water partition coefficient (Wildman–Crippen LogP) is 1.85. The second-order valence-corrected chi connectivity index (χ2v) is 2.34. The van der Waals surface area contributed by atoms with Crippen molar-refractivity contribution in [2.24, 2.45) is 0 Å². The molecule has 1 rings (SSSR count). The van der Waals surface area contributed by atoms with Crippen molar-refractivity contribution in [3.8, 4) is 0 Å². The number of halogens is 2. The van der Waals surface area contributed by atoms with Gasteiger partial charge in [-0.05, 0) is 6.42 Å². The summed E-state index contributed by atoms with van der Waals surface area (Å²) in [4.78, 5) is 0. The largest absolute Gasteiger partial charge is 0.317 e. The third kappa shape index (κ3) is 2.67. The van der Waals surface area contributed by atoms with Crippen molar-refractivity contribution in [1.29, 1.82) is 0 Å². The molecular weight excluding hydrogens is 185 g/mol. The quantitative estimate of drug-likeness (QED) is 0.690. The number of aromatic nitrogens is 3. The van der Waals surface area contributed by atoms with Gasteiger partial charge in [-0.2, -0.15) is 0 Å². The molecule has 0 saturated heterocycles. The average molecular weight is 196 g/mol. The van der Waals surface area contributed by atoms with Crippen LogP contribution in [0.2, 0.25) is 0 Å². The summed E-state index contributed by atoms with van der Waals surface area (Å²) in [5, 5.41) is 7.57. The van der Waals surface area contributed by atoms with E-state index >= 15 is 0 Å². The van der Waals surface area contributed by atoms with Crippen LogP contribution in [0.15, 0.2) is 6.33 Å². The van der Waals surface area contributed by atoms with Gasteiger partial charge in [0.2, 0.25) is 0 Å². The fraction of sp³-hybridized carbons (Fsp3) is 0.667. The Morgan fingerprint density at radius 2 is 2.36 bits per heavy atom. The topological polar surface area (TPSA) is 30.7 Å². The molecule has 0 saturated carbocycles. The van der Waals surface area contributed by atoms with Crippen molar-refractivity contribution in [3.05, 3.63) is 12.2 Å². The lowest BCUT2D eigenvalue weighted by atomic mass is 10.5. The molecule has 0 N–H and O–H groups in total. The van der Waals surface area contributed by atoms with Gasteiger partial charge < -0.3 is 4.57 Å². The number of hydrogen-bond acceptors (Lipinski definition) is 2. The molecule has 64 valence electrons. The molecule has 3 nitrogen and oxygen atoms in total. The van der Waals surface area contributed by atoms with Crippen LogP contribution in [-0.4, -0.2) is 14.8 Å². The van der Waals surface area contributed by atoms with Crippen LogP contribution in [0.3, 0.4) is 0 Å². The second kappa shape index (κ2) is 5.38. The van der Waals surface area contributed by atoms with Gasteiger partial charge in [-0.25, -0.2) is 0 Å². The molecule has 0 fully saturated rings. The normalized spacial score (nSPS) is 9.27. The highest BCUT2D eigenvalue weighted by Gasteiger charge is 1.98. The van der Waals surface area contributed by atoms with Gasteiger partial charge >= 0.3 is 0 Å². The van der Waals surface area contributed by atoms with E-state index < -0.39 is 0 Å². The number of hydrogen-bond donors (Lipinski definition) is 0. The molecule has 0 radical (unpaired) electrons. The van der Waals surface area contributed by atoms with Crippen molar-refractivity contribution in [2.75, 3.05) is 0 Å². The van der Waals surface area contributed by atoms with Crippen LogP contribution in [0.1, 0.15) is 19.2 Å². The fourth-order valence-electron chi connectivity index (χ4n) is 0.810. The highest BCUT2D eigenvalue weighted by Crippen LogP contribution is 1.99. The van der Waals surface area contributed by atoms with Crippen molar-refractivity contribution in [3.63, 3.8) is 0 Å². The van der Waals surface area contributed by atoms with Gasteiger partial charge in [0.05, 0.1) is 5.88 Å². The standard InChI is InChI=1S/C6H10ClN3.ClH/c1-2-3-10-5-8-9-6(10)4-7;/h5H,2-4H2,1H3;1H. The zero-order valence-corrected chi connectivity index (χ0v) is 7.90. The maximum absolute atomic E-state index is 5.59. The Hall–Kier alpha value is -0.280. The van der Waals surface area contributed by atoms with E-state index in [0.717, 1.165) is 18.8 Å². The Bertz CT molecular complexity index is 199. The summed E-state index contributed by atoms with van der Waals surface area (Å²) in [7, 11) is 0. The third-order valence-corrected chi connectivity index (χ3v) is 1.52. The first-order valence-corrected chi connectivity index (χ1v) is 3.84. The van der Waals surface area contributed by atoms with Crippen molar-refractivity contribution in [2.45, 2.75) is 25.8 Å². The first-order valence-electron chi connectivity index (χ1n) is 3.31. The van der Waals surface area contributed by atoms with E-state index in [1.54, 1.807) is 6.33 Å². The minimum Gasteiger partial charge on any atom is -0.317 e. The predicted molar refractivity (Wildman–Crippen MR) is 47.1 cm³/mol. The number of nitrogens with zero attached hydrogens (tertiary/aromatic N) is 3. The van der Waals surface area contributed by atoms with Crippen LogP contribution in [0.25, 0.3) is 0 Å². The van der Waals surface area contributed by atoms with Gasteiger partial charge in [0.1, 0.15) is 12.2 Å². The maximum Gasteiger partial charge on any atom is 0.147 e. The molecule has 0 bridgehead atoms. The lowest BCUT2D eigenvalue weighted by Gasteiger charge is -1.99. The zero-order chi connectivity index (χ0) is 7.40. The van der Waals surface area contributed by atoms with Gasteiger partial charge in [-0.3, -0.25) is 0 Å². The molecule has 1 heterocycles. The Labute approximate surface area is 77.2 Å². The number of aryl methyl sites for hydroxylation is 1. The molecule has 0 aliphatic rings. The SMILES string of the molecule is CCCn1cnnc1CCl.Cl. The summed E-state index contributed by atoms with van der Waals surface area (Å²) in [6.45, 7) is 3.06. The van der Waals surface area contributed by atoms with Crippen molar-refractivity contribution in [1.82, 2.24) is 14.8 Å². The molecule has 0 atom stereocenters. The van der Waals surface area contributed by atoms with Crippen molar-refractivity contribution >= 4 is 24.0 Å². The zero-order valence-electron chi connectivity index (χ0n) is 6.33. The monoisotopic (exact) mass is 195 g/mol. The Morgan fingerprint density at radius 3 is 2.91 bits per heavy atom. The van der Waals surface area contributed by atoms with Crippen LogP contribution in [0.4, 0.5) is 0 Å². The van der Waals surface area contributed by atoms with Gasteiger partial charge in [-0.1, -0.05) is 6.92 Å². The van der Waals surface area contributed by atoms with Gasteiger partial charge in [0.25, 0.3) is 0 Å². The van der Waals surface area contributed by atoms with E-state index in [-0.39, 0.29) is 12.4 Å². The van der Waals surface area contributed by atoms with Gasteiger partial charge in [0, 0.05) is 6.54 Å². The van der Waals surface area contributed by atoms with E-state index in [4.69, 9.17) is 11.6 Å². The fourth-order valence-corrected chi connectivity index (χ4v) is 1.02. The lowest BCUT2D eigenvalue weighted by Crippen LogP contribution is -1.99. The number of rotatable bonds is 3. The molecule has 0 aliphatic carbocycles. The minimum absolute atomic E-state index is 0. The van der Waals surface area contributed by atoms with Crippen LogP contribution >= 0.6 is 24.0 Å². The summed E-state index contributed by atoms with van der Waals surface area (Å²) in [5.41, 5.74) is 0. The summed E-state index contributed by atoms with van der Waals surface area (Å²) >= 11 is 5.59. The van der Waals surface area contributed by atoms with Crippen LogP contribution in [0, 0.1) is 0 Å². The van der Waals surface area contributed by atoms with Crippen LogP contribution in [0.5, 0.6) is 0 Å². The van der Waals surface area contributed by atoms with E-state index in [2.05, 4.69) is 17.1 Å². The second-order valence-electron chi connectivity index (χ2n) is 2.07. The molecule has 1 aromatic rings. The summed E-state index contributed by atoms with van der Waals surface area (Å²) < 4.78 is 1.97. The van der Waals surface area contributed by atoms with E-state index in [9.17, 15) is 0 Å². The van der Waals surface area contributed by atoms with Crippen LogP contribution in [-0.2, 0) is 12.4 Å². The number of alkyl halides is 1. The summed E-state index contributed by atoms with van der Waals surface area (Å²) in [5.74, 6) is 1.29. The third-order valence-electron chi connectivity index (χ3n) is 1.28. The summed E-state index contributed by atoms with van der Waals surface area (Å²) in [6.07, 6.45) is 2.79. The molecular formula is C6H11Cl2N3. The molecule has 5 heteroatoms. The lowest BCUT2D eigenvalue weighted by molar-refractivity contribution is 0.653. The Kier molecular flexibility index (Phi) is 5.24. The van der Waals surface area contributed by atoms with Gasteiger partial charge in [0.15, 0.2) is 0 Å². The molecule has 11 heavy (non-hydrogen) atoms. The molecule has 0 aromatic carbocycles. The maximum atomic E-state index is 5.59. The highest BCUT2D eigenvalue weighted by atomic mass is 35.5. The van der Waals surface area contributed by atoms with E-state index in [0.29, 0.717) is 5.88 Å². The molecule has 0 amide bonds. The van der Waals surface area contributed by atoms with E-state index in [1.165, 1.54) is 0 Å². The summed E-state index contributed by atoms with van der Waals surface area (Å²) in [6, 6.07) is 0. The molecule has 0 aliphatic heterocycles. The molecule has 0 spiro atoms. The first-order chi connectivity index (χ1) is 4.88. The molecule has 0 unspecified atom stereocenters. The first kappa shape index (κ1) is 10.7. The smallest absolute Gasteiger partial charge is 0.147 e. The highest BCUT2D eigenvalue weighted by molar-refractivity contribution is 6.16. The van der Waals surface area contributed by atoms with Crippen LogP contribution < -0.4 is 0 Å². The van der Waals surface area contributed by atoms with E-state index in [1.807, 2.05) is 4.57 Å². The minimum atomic E-state index is 0. The molecule has 1 aromatic heterocycles.